The first-order chi connectivity index (χ1) is 10.5. The zero-order chi connectivity index (χ0) is 16.1. The molecule has 2 rings (SSSR count). The molecule has 0 amide bonds. The molecule has 0 heterocycles. The number of benzene rings is 2. The van der Waals surface area contributed by atoms with Crippen LogP contribution in [0.4, 0.5) is 20.2 Å². The molecule has 0 fully saturated rings. The summed E-state index contributed by atoms with van der Waals surface area (Å²) in [6.45, 7) is -0.960. The Morgan fingerprint density at radius 1 is 1.18 bits per heavy atom. The molecule has 0 saturated heterocycles. The fourth-order valence-electron chi connectivity index (χ4n) is 1.77. The van der Waals surface area contributed by atoms with Gasteiger partial charge in [-0.1, -0.05) is 29.8 Å². The van der Waals surface area contributed by atoms with Gasteiger partial charge in [0.05, 0.1) is 5.02 Å². The molecule has 0 bridgehead atoms. The Hall–Kier alpha value is -1.92. The van der Waals surface area contributed by atoms with Crippen molar-refractivity contribution in [1.29, 1.82) is 0 Å². The Morgan fingerprint density at radius 3 is 2.55 bits per heavy atom. The van der Waals surface area contributed by atoms with Crippen LogP contribution in [0.2, 0.25) is 5.02 Å². The van der Waals surface area contributed by atoms with Crippen LogP contribution < -0.4 is 15.4 Å². The lowest BCUT2D eigenvalue weighted by molar-refractivity contribution is -0.0497. The Bertz CT molecular complexity index is 682. The van der Waals surface area contributed by atoms with E-state index < -0.39 is 6.61 Å². The van der Waals surface area contributed by atoms with Crippen LogP contribution in [0.15, 0.2) is 42.5 Å². The lowest BCUT2D eigenvalue weighted by atomic mass is 10.2. The summed E-state index contributed by atoms with van der Waals surface area (Å²) in [6.07, 6.45) is 0. The molecule has 2 N–H and O–H groups in total. The van der Waals surface area contributed by atoms with Gasteiger partial charge in [-0.25, -0.2) is 0 Å². The highest BCUT2D eigenvalue weighted by Gasteiger charge is 2.09. The van der Waals surface area contributed by atoms with E-state index in [1.165, 1.54) is 12.1 Å². The molecule has 116 valence electrons. The third-order valence-corrected chi connectivity index (χ3v) is 3.30. The number of aryl methyl sites for hydroxylation is 1. The predicted molar refractivity (Wildman–Crippen MR) is 89.1 cm³/mol. The summed E-state index contributed by atoms with van der Waals surface area (Å²) in [7, 11) is 0. The van der Waals surface area contributed by atoms with Crippen LogP contribution >= 0.6 is 23.8 Å². The van der Waals surface area contributed by atoms with Crippen LogP contribution in [0.1, 0.15) is 5.56 Å². The molecule has 0 spiro atoms. The Labute approximate surface area is 137 Å². The monoisotopic (exact) mass is 342 g/mol. The lowest BCUT2D eigenvalue weighted by Gasteiger charge is -2.13. The number of alkyl halides is 2. The number of anilines is 2. The van der Waals surface area contributed by atoms with Crippen molar-refractivity contribution in [2.75, 3.05) is 10.6 Å². The van der Waals surface area contributed by atoms with Gasteiger partial charge < -0.3 is 15.4 Å². The predicted octanol–water partition coefficient (Wildman–Crippen LogP) is 5.06. The number of para-hydroxylation sites is 1. The second kappa shape index (κ2) is 7.38. The van der Waals surface area contributed by atoms with Gasteiger partial charge in [0, 0.05) is 11.4 Å². The molecule has 7 heteroatoms. The van der Waals surface area contributed by atoms with E-state index in [1.54, 1.807) is 6.07 Å². The van der Waals surface area contributed by atoms with E-state index in [0.29, 0.717) is 10.8 Å². The van der Waals surface area contributed by atoms with Gasteiger partial charge in [-0.2, -0.15) is 8.78 Å². The van der Waals surface area contributed by atoms with Gasteiger partial charge in [-0.3, -0.25) is 0 Å². The molecule has 0 aliphatic rings. The van der Waals surface area contributed by atoms with Crippen LogP contribution in [0.25, 0.3) is 0 Å². The van der Waals surface area contributed by atoms with Crippen molar-refractivity contribution in [2.24, 2.45) is 0 Å². The van der Waals surface area contributed by atoms with Crippen molar-refractivity contribution in [1.82, 2.24) is 0 Å². The highest BCUT2D eigenvalue weighted by atomic mass is 35.5. The first kappa shape index (κ1) is 16.5. The first-order valence-electron chi connectivity index (χ1n) is 6.33. The summed E-state index contributed by atoms with van der Waals surface area (Å²) in [6, 6.07) is 12.0. The maximum absolute atomic E-state index is 12.2. The van der Waals surface area contributed by atoms with E-state index >= 15 is 0 Å². The average molecular weight is 343 g/mol. The maximum Gasteiger partial charge on any atom is 0.387 e. The quantitative estimate of drug-likeness (QED) is 0.761. The minimum Gasteiger partial charge on any atom is -0.433 e. The van der Waals surface area contributed by atoms with Crippen LogP contribution in [0, 0.1) is 6.92 Å². The second-order valence-corrected chi connectivity index (χ2v) is 5.23. The molecule has 0 saturated carbocycles. The Morgan fingerprint density at radius 2 is 1.91 bits per heavy atom. The van der Waals surface area contributed by atoms with Gasteiger partial charge in [0.25, 0.3) is 0 Å². The second-order valence-electron chi connectivity index (χ2n) is 4.42. The molecule has 0 aliphatic heterocycles. The number of halogens is 3. The summed E-state index contributed by atoms with van der Waals surface area (Å²) in [5.41, 5.74) is 2.49. The maximum atomic E-state index is 12.2. The Kier molecular flexibility index (Phi) is 5.51. The van der Waals surface area contributed by atoms with Crippen molar-refractivity contribution >= 4 is 40.3 Å². The van der Waals surface area contributed by atoms with Crippen molar-refractivity contribution in [3.8, 4) is 5.75 Å². The summed E-state index contributed by atoms with van der Waals surface area (Å²) >= 11 is 11.1. The van der Waals surface area contributed by atoms with Gasteiger partial charge in [-0.05, 0) is 49.0 Å². The number of nitrogens with one attached hydrogen (secondary N) is 2. The topological polar surface area (TPSA) is 33.3 Å². The molecule has 0 aliphatic carbocycles. The van der Waals surface area contributed by atoms with Crippen LogP contribution in [0.5, 0.6) is 5.75 Å². The van der Waals surface area contributed by atoms with Gasteiger partial charge in [-0.15, -0.1) is 0 Å². The average Bonchev–Trinajstić information content (AvgIpc) is 2.44. The number of ether oxygens (including phenoxy) is 1. The highest BCUT2D eigenvalue weighted by molar-refractivity contribution is 7.80. The van der Waals surface area contributed by atoms with Crippen LogP contribution in [-0.2, 0) is 0 Å². The molecular weight excluding hydrogens is 330 g/mol. The van der Waals surface area contributed by atoms with Crippen molar-refractivity contribution < 1.29 is 13.5 Å². The van der Waals surface area contributed by atoms with Gasteiger partial charge in [0.2, 0.25) is 0 Å². The third kappa shape index (κ3) is 4.54. The molecule has 0 aromatic heterocycles. The van der Waals surface area contributed by atoms with Gasteiger partial charge >= 0.3 is 6.61 Å². The standard InChI is InChI=1S/C15H13ClF2N2OS/c1-9-4-2-3-5-12(9)20-15(22)19-10-6-7-13(11(16)8-10)21-14(17)18/h2-8,14H,1H3,(H2,19,20,22). The summed E-state index contributed by atoms with van der Waals surface area (Å²) in [5, 5.41) is 6.42. The molecule has 2 aromatic rings. The minimum atomic E-state index is -2.92. The fourth-order valence-corrected chi connectivity index (χ4v) is 2.22. The van der Waals surface area contributed by atoms with Gasteiger partial charge in [0.1, 0.15) is 5.75 Å². The van der Waals surface area contributed by atoms with Crippen LogP contribution in [0.3, 0.4) is 0 Å². The van der Waals surface area contributed by atoms with Gasteiger partial charge in [0.15, 0.2) is 5.11 Å². The molecule has 0 radical (unpaired) electrons. The number of hydrogen-bond donors (Lipinski definition) is 2. The zero-order valence-corrected chi connectivity index (χ0v) is 13.1. The molecule has 0 unspecified atom stereocenters. The third-order valence-electron chi connectivity index (χ3n) is 2.80. The number of rotatable bonds is 4. The molecule has 0 atom stereocenters. The van der Waals surface area contributed by atoms with E-state index in [1.807, 2.05) is 31.2 Å². The van der Waals surface area contributed by atoms with E-state index in [4.69, 9.17) is 23.8 Å². The van der Waals surface area contributed by atoms with E-state index in [9.17, 15) is 8.78 Å². The van der Waals surface area contributed by atoms with Crippen LogP contribution in [-0.4, -0.2) is 11.7 Å². The summed E-state index contributed by atoms with van der Waals surface area (Å²) in [4.78, 5) is 0. The van der Waals surface area contributed by atoms with Crippen molar-refractivity contribution in [3.05, 3.63) is 53.1 Å². The van der Waals surface area contributed by atoms with E-state index in [0.717, 1.165) is 11.3 Å². The zero-order valence-electron chi connectivity index (χ0n) is 11.6. The fraction of sp³-hybridized carbons (Fsp3) is 0.133. The Balaban J connectivity index is 2.03. The molecule has 22 heavy (non-hydrogen) atoms. The molecular formula is C15H13ClF2N2OS. The molecule has 2 aromatic carbocycles. The largest absolute Gasteiger partial charge is 0.433 e. The number of thiocarbonyl (C=S) groups is 1. The SMILES string of the molecule is Cc1ccccc1NC(=S)Nc1ccc(OC(F)F)c(Cl)c1. The lowest BCUT2D eigenvalue weighted by Crippen LogP contribution is -2.19. The smallest absolute Gasteiger partial charge is 0.387 e. The normalized spacial score (nSPS) is 10.4. The van der Waals surface area contributed by atoms with Crippen molar-refractivity contribution in [2.45, 2.75) is 13.5 Å². The number of hydrogen-bond acceptors (Lipinski definition) is 2. The van der Waals surface area contributed by atoms with E-state index in [2.05, 4.69) is 15.4 Å². The first-order valence-corrected chi connectivity index (χ1v) is 7.12. The molecule has 3 nitrogen and oxygen atoms in total. The summed E-state index contributed by atoms with van der Waals surface area (Å²) in [5.74, 6) is -0.0833. The van der Waals surface area contributed by atoms with Crippen molar-refractivity contribution in [3.63, 3.8) is 0 Å². The minimum absolute atomic E-state index is 0.0731. The van der Waals surface area contributed by atoms with E-state index in [-0.39, 0.29) is 10.8 Å². The highest BCUT2D eigenvalue weighted by Crippen LogP contribution is 2.29. The summed E-state index contributed by atoms with van der Waals surface area (Å²) < 4.78 is 28.6.